The molecule has 1 aliphatic heterocycles. The number of benzene rings is 2. The summed E-state index contributed by atoms with van der Waals surface area (Å²) >= 11 is 1.55. The molecular weight excluding hydrogens is 406 g/mol. The molecule has 2 heterocycles. The predicted octanol–water partition coefficient (Wildman–Crippen LogP) is 4.71. The first-order chi connectivity index (χ1) is 14.6. The highest BCUT2D eigenvalue weighted by molar-refractivity contribution is 7.13. The lowest BCUT2D eigenvalue weighted by molar-refractivity contribution is -0.105. The van der Waals surface area contributed by atoms with Crippen LogP contribution >= 0.6 is 11.3 Å². The van der Waals surface area contributed by atoms with Crippen LogP contribution in [0.1, 0.15) is 27.9 Å². The third-order valence-corrected chi connectivity index (χ3v) is 5.96. The van der Waals surface area contributed by atoms with Crippen molar-refractivity contribution >= 4 is 34.1 Å². The van der Waals surface area contributed by atoms with E-state index in [9.17, 15) is 18.4 Å². The summed E-state index contributed by atoms with van der Waals surface area (Å²) in [5, 5.41) is 2.82. The molecule has 0 fully saturated rings. The molecule has 2 aromatic carbocycles. The Morgan fingerprint density at radius 3 is 2.50 bits per heavy atom. The van der Waals surface area contributed by atoms with Crippen molar-refractivity contribution in [3.8, 4) is 0 Å². The van der Waals surface area contributed by atoms with Crippen molar-refractivity contribution in [1.82, 2.24) is 4.98 Å². The van der Waals surface area contributed by atoms with Crippen molar-refractivity contribution in [3.05, 3.63) is 87.9 Å². The first-order valence-electron chi connectivity index (χ1n) is 9.45. The number of halogens is 2. The number of aromatic nitrogens is 1. The number of Topliss-reactive ketones (excluding diaryl/α,β-unsaturated/α-hetero) is 1. The van der Waals surface area contributed by atoms with E-state index in [2.05, 4.69) is 9.88 Å². The molecule has 4 nitrogen and oxygen atoms in total. The molecule has 0 saturated heterocycles. The summed E-state index contributed by atoms with van der Waals surface area (Å²) < 4.78 is 27.7. The number of aldehydes is 1. The van der Waals surface area contributed by atoms with Gasteiger partial charge in [-0.1, -0.05) is 30.3 Å². The van der Waals surface area contributed by atoms with Crippen LogP contribution in [0, 0.1) is 11.6 Å². The maximum Gasteiger partial charge on any atom is 0.185 e. The second-order valence-electron chi connectivity index (χ2n) is 7.00. The summed E-state index contributed by atoms with van der Waals surface area (Å²) in [5.74, 6) is -2.33. The summed E-state index contributed by atoms with van der Waals surface area (Å²) in [4.78, 5) is 30.4. The fourth-order valence-corrected chi connectivity index (χ4v) is 4.25. The maximum atomic E-state index is 13.8. The van der Waals surface area contributed by atoms with E-state index in [-0.39, 0.29) is 6.42 Å². The Balaban J connectivity index is 1.54. The number of ketones is 1. The van der Waals surface area contributed by atoms with Crippen molar-refractivity contribution in [1.29, 1.82) is 0 Å². The Morgan fingerprint density at radius 2 is 1.87 bits per heavy atom. The van der Waals surface area contributed by atoms with Crippen LogP contribution in [0.25, 0.3) is 5.57 Å². The van der Waals surface area contributed by atoms with E-state index in [0.29, 0.717) is 18.5 Å². The molecule has 0 amide bonds. The SMILES string of the molecule is O=CC1=C(c2ccc(CC(=O)c3c(F)cccc3F)cc2)CN(c2nccs2)CC1. The number of hydrogen-bond donors (Lipinski definition) is 0. The number of carbonyl (C=O) groups is 2. The number of nitrogens with zero attached hydrogens (tertiary/aromatic N) is 2. The van der Waals surface area contributed by atoms with Gasteiger partial charge in [-0.3, -0.25) is 9.59 Å². The summed E-state index contributed by atoms with van der Waals surface area (Å²) in [6.07, 6.45) is 3.17. The molecule has 0 aliphatic carbocycles. The van der Waals surface area contributed by atoms with Gasteiger partial charge in [0.1, 0.15) is 17.9 Å². The number of rotatable bonds is 6. The number of hydrogen-bond acceptors (Lipinski definition) is 5. The van der Waals surface area contributed by atoms with Crippen molar-refractivity contribution in [2.24, 2.45) is 0 Å². The highest BCUT2D eigenvalue weighted by atomic mass is 32.1. The van der Waals surface area contributed by atoms with Gasteiger partial charge in [-0.25, -0.2) is 13.8 Å². The van der Waals surface area contributed by atoms with Gasteiger partial charge in [-0.15, -0.1) is 11.3 Å². The molecule has 4 rings (SSSR count). The topological polar surface area (TPSA) is 50.3 Å². The van der Waals surface area contributed by atoms with Crippen molar-refractivity contribution < 1.29 is 18.4 Å². The van der Waals surface area contributed by atoms with Crippen LogP contribution in [0.2, 0.25) is 0 Å². The Morgan fingerprint density at radius 1 is 1.13 bits per heavy atom. The molecule has 1 aromatic heterocycles. The molecule has 0 unspecified atom stereocenters. The largest absolute Gasteiger partial charge is 0.343 e. The lowest BCUT2D eigenvalue weighted by atomic mass is 9.93. The van der Waals surface area contributed by atoms with Gasteiger partial charge in [-0.05, 0) is 40.8 Å². The smallest absolute Gasteiger partial charge is 0.185 e. The highest BCUT2D eigenvalue weighted by Crippen LogP contribution is 2.30. The molecule has 0 atom stereocenters. The van der Waals surface area contributed by atoms with Crippen molar-refractivity contribution in [2.75, 3.05) is 18.0 Å². The average molecular weight is 424 g/mol. The molecule has 152 valence electrons. The summed E-state index contributed by atoms with van der Waals surface area (Å²) in [6, 6.07) is 10.6. The van der Waals surface area contributed by atoms with Crippen LogP contribution in [0.3, 0.4) is 0 Å². The zero-order valence-corrected chi connectivity index (χ0v) is 16.8. The molecule has 1 aliphatic rings. The van der Waals surface area contributed by atoms with Crippen molar-refractivity contribution in [2.45, 2.75) is 12.8 Å². The number of carbonyl (C=O) groups excluding carboxylic acids is 2. The standard InChI is InChI=1S/C23H18F2N2O2S/c24-19-2-1-3-20(25)22(19)21(29)12-15-4-6-16(7-5-15)18-13-27(10-8-17(18)14-28)23-26-9-11-30-23/h1-7,9,11,14H,8,10,12-13H2. The molecular formula is C23H18F2N2O2S. The lowest BCUT2D eigenvalue weighted by Gasteiger charge is -2.29. The third kappa shape index (κ3) is 4.07. The normalized spacial score (nSPS) is 14.1. The van der Waals surface area contributed by atoms with Gasteiger partial charge in [0.15, 0.2) is 10.9 Å². The van der Waals surface area contributed by atoms with E-state index in [0.717, 1.165) is 46.8 Å². The van der Waals surface area contributed by atoms with E-state index in [1.165, 1.54) is 6.07 Å². The maximum absolute atomic E-state index is 13.8. The van der Waals surface area contributed by atoms with Crippen LogP contribution in [-0.4, -0.2) is 30.1 Å². The number of anilines is 1. The minimum Gasteiger partial charge on any atom is -0.343 e. The minimum atomic E-state index is -0.859. The van der Waals surface area contributed by atoms with Crippen molar-refractivity contribution in [3.63, 3.8) is 0 Å². The van der Waals surface area contributed by atoms with Crippen LogP contribution in [0.5, 0.6) is 0 Å². The Kier molecular flexibility index (Phi) is 5.81. The molecule has 0 radical (unpaired) electrons. The molecule has 0 saturated carbocycles. The highest BCUT2D eigenvalue weighted by Gasteiger charge is 2.22. The van der Waals surface area contributed by atoms with Crippen LogP contribution in [0.15, 0.2) is 59.6 Å². The molecule has 0 spiro atoms. The zero-order chi connectivity index (χ0) is 21.1. The monoisotopic (exact) mass is 424 g/mol. The Bertz CT molecular complexity index is 1090. The quantitative estimate of drug-likeness (QED) is 0.425. The second-order valence-corrected chi connectivity index (χ2v) is 7.87. The van der Waals surface area contributed by atoms with Crippen LogP contribution < -0.4 is 4.90 Å². The van der Waals surface area contributed by atoms with Crippen LogP contribution in [-0.2, 0) is 11.2 Å². The second kappa shape index (κ2) is 8.67. The first kappa shape index (κ1) is 20.1. The third-order valence-electron chi connectivity index (χ3n) is 5.13. The molecule has 0 N–H and O–H groups in total. The molecule has 30 heavy (non-hydrogen) atoms. The predicted molar refractivity (Wildman–Crippen MR) is 113 cm³/mol. The van der Waals surface area contributed by atoms with Gasteiger partial charge < -0.3 is 4.90 Å². The first-order valence-corrected chi connectivity index (χ1v) is 10.3. The average Bonchev–Trinajstić information content (AvgIpc) is 3.29. The molecule has 3 aromatic rings. The Hall–Kier alpha value is -3.19. The van der Waals surface area contributed by atoms with Gasteiger partial charge in [-0.2, -0.15) is 0 Å². The van der Waals surface area contributed by atoms with Gasteiger partial charge in [0.05, 0.1) is 5.56 Å². The minimum absolute atomic E-state index is 0.108. The number of thiazole rings is 1. The van der Waals surface area contributed by atoms with E-state index in [1.807, 2.05) is 17.5 Å². The molecule has 0 bridgehead atoms. The van der Waals surface area contributed by atoms with Crippen LogP contribution in [0.4, 0.5) is 13.9 Å². The van der Waals surface area contributed by atoms with E-state index in [4.69, 9.17) is 0 Å². The zero-order valence-electron chi connectivity index (χ0n) is 16.0. The summed E-state index contributed by atoms with van der Waals surface area (Å²) in [5.41, 5.74) is 2.68. The van der Waals surface area contributed by atoms with E-state index >= 15 is 0 Å². The lowest BCUT2D eigenvalue weighted by Crippen LogP contribution is -2.31. The van der Waals surface area contributed by atoms with Gasteiger partial charge >= 0.3 is 0 Å². The fraction of sp³-hybridized carbons (Fsp3) is 0.174. The summed E-state index contributed by atoms with van der Waals surface area (Å²) in [7, 11) is 0. The summed E-state index contributed by atoms with van der Waals surface area (Å²) in [6.45, 7) is 1.30. The van der Waals surface area contributed by atoms with E-state index in [1.54, 1.807) is 29.7 Å². The molecule has 7 heteroatoms. The van der Waals surface area contributed by atoms with Gasteiger partial charge in [0.2, 0.25) is 0 Å². The van der Waals surface area contributed by atoms with E-state index < -0.39 is 23.0 Å². The van der Waals surface area contributed by atoms with Gasteiger partial charge in [0, 0.05) is 31.1 Å². The fourth-order valence-electron chi connectivity index (χ4n) is 3.58. The Labute approximate surface area is 176 Å². The van der Waals surface area contributed by atoms with Gasteiger partial charge in [0.25, 0.3) is 0 Å².